The van der Waals surface area contributed by atoms with E-state index < -0.39 is 0 Å². The van der Waals surface area contributed by atoms with E-state index in [0.29, 0.717) is 0 Å². The minimum atomic E-state index is 0.763. The largest absolute Gasteiger partial charge is 0.346 e. The summed E-state index contributed by atoms with van der Waals surface area (Å²) in [6, 6.07) is 3.11. The molecule has 1 aromatic heterocycles. The Bertz CT molecular complexity index is 346. The van der Waals surface area contributed by atoms with Gasteiger partial charge < -0.3 is 9.88 Å². The molecule has 0 aliphatic heterocycles. The lowest BCUT2D eigenvalue weighted by atomic mass is 9.95. The Morgan fingerprint density at radius 3 is 2.56 bits per heavy atom. The highest BCUT2D eigenvalue weighted by atomic mass is 15.0. The van der Waals surface area contributed by atoms with Crippen molar-refractivity contribution >= 4 is 0 Å². The molecule has 0 unspecified atom stereocenters. The highest BCUT2D eigenvalue weighted by Crippen LogP contribution is 2.32. The van der Waals surface area contributed by atoms with Crippen LogP contribution < -0.4 is 5.32 Å². The molecule has 0 bridgehead atoms. The predicted molar refractivity (Wildman–Crippen MR) is 68.8 cm³/mol. The molecule has 90 valence electrons. The second-order valence-electron chi connectivity index (χ2n) is 5.09. The molecule has 1 aliphatic rings. The quantitative estimate of drug-likeness (QED) is 0.826. The first-order valence-corrected chi connectivity index (χ1v) is 6.56. The van der Waals surface area contributed by atoms with Gasteiger partial charge in [0.25, 0.3) is 0 Å². The maximum Gasteiger partial charge on any atom is 0.0335 e. The molecule has 1 heterocycles. The van der Waals surface area contributed by atoms with Crippen molar-refractivity contribution in [3.63, 3.8) is 0 Å². The molecular formula is C14H24N2. The minimum absolute atomic E-state index is 0.763. The van der Waals surface area contributed by atoms with Crippen LogP contribution in [0.5, 0.6) is 0 Å². The standard InChI is InChI=1S/C14H24N2/c1-11-9-13(10-15-3)12(2)16(11)14-7-5-4-6-8-14/h9,14-15H,4-8,10H2,1-3H3. The molecule has 16 heavy (non-hydrogen) atoms. The first kappa shape index (κ1) is 11.7. The van der Waals surface area contributed by atoms with Gasteiger partial charge in [-0.25, -0.2) is 0 Å². The fourth-order valence-electron chi connectivity index (χ4n) is 3.12. The van der Waals surface area contributed by atoms with E-state index in [2.05, 4.69) is 29.8 Å². The van der Waals surface area contributed by atoms with Crippen LogP contribution in [0.3, 0.4) is 0 Å². The smallest absolute Gasteiger partial charge is 0.0335 e. The van der Waals surface area contributed by atoms with Gasteiger partial charge in [-0.1, -0.05) is 19.3 Å². The van der Waals surface area contributed by atoms with Crippen LogP contribution in [0.2, 0.25) is 0 Å². The molecule has 0 saturated heterocycles. The predicted octanol–water partition coefficient (Wildman–Crippen LogP) is 3.33. The van der Waals surface area contributed by atoms with Crippen LogP contribution in [0.1, 0.15) is 55.1 Å². The van der Waals surface area contributed by atoms with Gasteiger partial charge in [0.15, 0.2) is 0 Å². The number of aromatic nitrogens is 1. The zero-order chi connectivity index (χ0) is 11.5. The summed E-state index contributed by atoms with van der Waals surface area (Å²) >= 11 is 0. The molecule has 2 nitrogen and oxygen atoms in total. The van der Waals surface area contributed by atoms with E-state index in [0.717, 1.165) is 12.6 Å². The summed E-state index contributed by atoms with van der Waals surface area (Å²) in [4.78, 5) is 0. The molecule has 1 aromatic rings. The first-order valence-electron chi connectivity index (χ1n) is 6.56. The molecule has 0 amide bonds. The average molecular weight is 220 g/mol. The maximum atomic E-state index is 3.25. The molecule has 0 radical (unpaired) electrons. The van der Waals surface area contributed by atoms with Crippen molar-refractivity contribution in [1.82, 2.24) is 9.88 Å². The van der Waals surface area contributed by atoms with E-state index in [9.17, 15) is 0 Å². The minimum Gasteiger partial charge on any atom is -0.346 e. The second kappa shape index (κ2) is 5.05. The van der Waals surface area contributed by atoms with E-state index in [1.54, 1.807) is 0 Å². The van der Waals surface area contributed by atoms with Crippen molar-refractivity contribution in [3.05, 3.63) is 23.0 Å². The van der Waals surface area contributed by atoms with Gasteiger partial charge in [-0.05, 0) is 45.4 Å². The third kappa shape index (κ3) is 2.17. The fourth-order valence-corrected chi connectivity index (χ4v) is 3.12. The van der Waals surface area contributed by atoms with Crippen LogP contribution in [-0.2, 0) is 6.54 Å². The average Bonchev–Trinajstić information content (AvgIpc) is 2.56. The third-order valence-electron chi connectivity index (χ3n) is 3.90. The van der Waals surface area contributed by atoms with E-state index in [-0.39, 0.29) is 0 Å². The molecule has 0 spiro atoms. The number of rotatable bonds is 3. The van der Waals surface area contributed by atoms with E-state index in [4.69, 9.17) is 0 Å². The summed E-state index contributed by atoms with van der Waals surface area (Å²) < 4.78 is 2.58. The summed E-state index contributed by atoms with van der Waals surface area (Å²) in [7, 11) is 2.02. The second-order valence-corrected chi connectivity index (χ2v) is 5.09. The van der Waals surface area contributed by atoms with Crippen molar-refractivity contribution in [2.45, 2.75) is 58.5 Å². The summed E-state index contributed by atoms with van der Waals surface area (Å²) in [6.07, 6.45) is 6.98. The Balaban J connectivity index is 2.24. The number of nitrogens with one attached hydrogen (secondary N) is 1. The zero-order valence-corrected chi connectivity index (χ0v) is 10.8. The van der Waals surface area contributed by atoms with Crippen LogP contribution in [0.15, 0.2) is 6.07 Å². The Labute approximate surface area is 99.0 Å². The third-order valence-corrected chi connectivity index (χ3v) is 3.90. The fraction of sp³-hybridized carbons (Fsp3) is 0.714. The lowest BCUT2D eigenvalue weighted by Crippen LogP contribution is -2.16. The topological polar surface area (TPSA) is 17.0 Å². The molecule has 2 heteroatoms. The summed E-state index contributed by atoms with van der Waals surface area (Å²) in [5, 5.41) is 3.25. The molecule has 0 atom stereocenters. The van der Waals surface area contributed by atoms with Gasteiger partial charge in [0.2, 0.25) is 0 Å². The van der Waals surface area contributed by atoms with Gasteiger partial charge in [0.1, 0.15) is 0 Å². The van der Waals surface area contributed by atoms with E-state index in [1.807, 2.05) is 7.05 Å². The number of aryl methyl sites for hydroxylation is 1. The normalized spacial score (nSPS) is 17.9. The SMILES string of the molecule is CNCc1cc(C)n(C2CCCCC2)c1C. The lowest BCUT2D eigenvalue weighted by molar-refractivity contribution is 0.345. The Kier molecular flexibility index (Phi) is 3.70. The zero-order valence-electron chi connectivity index (χ0n) is 10.8. The van der Waals surface area contributed by atoms with Crippen molar-refractivity contribution in [2.75, 3.05) is 7.05 Å². The monoisotopic (exact) mass is 220 g/mol. The van der Waals surface area contributed by atoms with Crippen LogP contribution in [-0.4, -0.2) is 11.6 Å². The van der Waals surface area contributed by atoms with Crippen LogP contribution >= 0.6 is 0 Å². The van der Waals surface area contributed by atoms with Gasteiger partial charge in [-0.3, -0.25) is 0 Å². The molecule has 1 saturated carbocycles. The Morgan fingerprint density at radius 1 is 1.25 bits per heavy atom. The number of hydrogen-bond acceptors (Lipinski definition) is 1. The maximum absolute atomic E-state index is 3.25. The van der Waals surface area contributed by atoms with Gasteiger partial charge in [-0.15, -0.1) is 0 Å². The number of hydrogen-bond donors (Lipinski definition) is 1. The molecule has 1 fully saturated rings. The molecule has 1 aliphatic carbocycles. The van der Waals surface area contributed by atoms with Gasteiger partial charge in [0, 0.05) is 24.0 Å². The molecule has 0 aromatic carbocycles. The summed E-state index contributed by atoms with van der Waals surface area (Å²) in [6.45, 7) is 5.52. The Hall–Kier alpha value is -0.760. The van der Waals surface area contributed by atoms with E-state index >= 15 is 0 Å². The highest BCUT2D eigenvalue weighted by molar-refractivity contribution is 5.27. The molecular weight excluding hydrogens is 196 g/mol. The van der Waals surface area contributed by atoms with Crippen LogP contribution in [0.4, 0.5) is 0 Å². The van der Waals surface area contributed by atoms with Crippen molar-refractivity contribution in [1.29, 1.82) is 0 Å². The Morgan fingerprint density at radius 2 is 1.94 bits per heavy atom. The van der Waals surface area contributed by atoms with Crippen molar-refractivity contribution < 1.29 is 0 Å². The van der Waals surface area contributed by atoms with Gasteiger partial charge in [0.05, 0.1) is 0 Å². The highest BCUT2D eigenvalue weighted by Gasteiger charge is 2.19. The van der Waals surface area contributed by atoms with Gasteiger partial charge in [-0.2, -0.15) is 0 Å². The first-order chi connectivity index (χ1) is 7.74. The van der Waals surface area contributed by atoms with Crippen molar-refractivity contribution in [3.8, 4) is 0 Å². The van der Waals surface area contributed by atoms with E-state index in [1.165, 1.54) is 49.1 Å². The molecule has 1 N–H and O–H groups in total. The van der Waals surface area contributed by atoms with Crippen molar-refractivity contribution in [2.24, 2.45) is 0 Å². The summed E-state index contributed by atoms with van der Waals surface area (Å²) in [5.41, 5.74) is 4.37. The van der Waals surface area contributed by atoms with Gasteiger partial charge >= 0.3 is 0 Å². The molecule has 2 rings (SSSR count). The van der Waals surface area contributed by atoms with Crippen LogP contribution in [0.25, 0.3) is 0 Å². The number of nitrogens with zero attached hydrogens (tertiary/aromatic N) is 1. The lowest BCUT2D eigenvalue weighted by Gasteiger charge is -2.26. The summed E-state index contributed by atoms with van der Waals surface area (Å²) in [5.74, 6) is 0. The van der Waals surface area contributed by atoms with Crippen LogP contribution in [0, 0.1) is 13.8 Å².